The number of aryl methyl sites for hydroxylation is 1. The highest BCUT2D eigenvalue weighted by Crippen LogP contribution is 2.18. The number of imidazole rings is 1. The van der Waals surface area contributed by atoms with Gasteiger partial charge in [-0.3, -0.25) is 4.79 Å². The molecule has 0 aromatic carbocycles. The van der Waals surface area contributed by atoms with E-state index in [0.717, 1.165) is 12.8 Å². The molecular formula is C10H15N3O2. The van der Waals surface area contributed by atoms with E-state index in [4.69, 9.17) is 5.11 Å². The summed E-state index contributed by atoms with van der Waals surface area (Å²) in [7, 11) is 0. The van der Waals surface area contributed by atoms with Crippen LogP contribution in [0.3, 0.4) is 0 Å². The van der Waals surface area contributed by atoms with Gasteiger partial charge in [0.25, 0.3) is 0 Å². The van der Waals surface area contributed by atoms with Gasteiger partial charge >= 0.3 is 0 Å². The maximum Gasteiger partial charge on any atom is 0.222 e. The van der Waals surface area contributed by atoms with Crippen LogP contribution in [-0.4, -0.2) is 26.6 Å². The van der Waals surface area contributed by atoms with Gasteiger partial charge < -0.3 is 15.0 Å². The third-order valence-corrected chi connectivity index (χ3v) is 2.47. The smallest absolute Gasteiger partial charge is 0.222 e. The number of rotatable bonds is 5. The molecule has 0 atom stereocenters. The number of hydrogen-bond acceptors (Lipinski definition) is 3. The second kappa shape index (κ2) is 4.44. The number of carbonyl (C=O) groups excluding carboxylic acids is 1. The molecule has 82 valence electrons. The lowest BCUT2D eigenvalue weighted by Crippen LogP contribution is -2.26. The van der Waals surface area contributed by atoms with Gasteiger partial charge in [0, 0.05) is 31.4 Å². The highest BCUT2D eigenvalue weighted by Gasteiger charge is 2.22. The van der Waals surface area contributed by atoms with Crippen molar-refractivity contribution in [3.8, 4) is 0 Å². The van der Waals surface area contributed by atoms with Gasteiger partial charge in [-0.15, -0.1) is 0 Å². The number of nitrogens with zero attached hydrogens (tertiary/aromatic N) is 2. The topological polar surface area (TPSA) is 67.2 Å². The van der Waals surface area contributed by atoms with Crippen molar-refractivity contribution in [2.75, 3.05) is 0 Å². The Balaban J connectivity index is 1.78. The van der Waals surface area contributed by atoms with Crippen LogP contribution in [0.5, 0.6) is 0 Å². The van der Waals surface area contributed by atoms with Crippen molar-refractivity contribution in [2.24, 2.45) is 0 Å². The highest BCUT2D eigenvalue weighted by molar-refractivity contribution is 5.76. The molecule has 0 radical (unpaired) electrons. The molecule has 2 N–H and O–H groups in total. The number of carbonyl (C=O) groups is 1. The largest absolute Gasteiger partial charge is 0.388 e. The van der Waals surface area contributed by atoms with Crippen molar-refractivity contribution in [1.82, 2.24) is 14.9 Å². The van der Waals surface area contributed by atoms with Crippen LogP contribution in [0, 0.1) is 0 Å². The minimum Gasteiger partial charge on any atom is -0.388 e. The van der Waals surface area contributed by atoms with Crippen molar-refractivity contribution in [3.63, 3.8) is 0 Å². The molecular weight excluding hydrogens is 194 g/mol. The van der Waals surface area contributed by atoms with Gasteiger partial charge in [-0.1, -0.05) is 0 Å². The van der Waals surface area contributed by atoms with Crippen LogP contribution in [-0.2, 0) is 17.9 Å². The van der Waals surface area contributed by atoms with Crippen LogP contribution >= 0.6 is 0 Å². The van der Waals surface area contributed by atoms with Gasteiger partial charge in [0.05, 0.1) is 0 Å². The molecule has 0 aliphatic heterocycles. The fourth-order valence-electron chi connectivity index (χ4n) is 1.44. The molecule has 15 heavy (non-hydrogen) atoms. The van der Waals surface area contributed by atoms with Crippen molar-refractivity contribution in [2.45, 2.75) is 38.5 Å². The van der Waals surface area contributed by atoms with E-state index in [2.05, 4.69) is 10.3 Å². The number of aromatic nitrogens is 2. The van der Waals surface area contributed by atoms with Gasteiger partial charge in [-0.05, 0) is 12.8 Å². The molecule has 1 aromatic rings. The van der Waals surface area contributed by atoms with E-state index in [1.165, 1.54) is 0 Å². The van der Waals surface area contributed by atoms with E-state index in [1.807, 2.05) is 0 Å². The fraction of sp³-hybridized carbons (Fsp3) is 0.600. The van der Waals surface area contributed by atoms with Crippen molar-refractivity contribution < 1.29 is 9.90 Å². The summed E-state index contributed by atoms with van der Waals surface area (Å²) >= 11 is 0. The summed E-state index contributed by atoms with van der Waals surface area (Å²) in [6, 6.07) is 0.414. The molecule has 0 unspecified atom stereocenters. The summed E-state index contributed by atoms with van der Waals surface area (Å²) in [5, 5.41) is 11.9. The first-order valence-electron chi connectivity index (χ1n) is 5.20. The number of aliphatic hydroxyl groups excluding tert-OH is 1. The molecule has 0 spiro atoms. The van der Waals surface area contributed by atoms with E-state index in [-0.39, 0.29) is 12.5 Å². The molecule has 1 saturated carbocycles. The quantitative estimate of drug-likeness (QED) is 0.719. The normalized spacial score (nSPS) is 15.3. The van der Waals surface area contributed by atoms with Gasteiger partial charge in [0.15, 0.2) is 0 Å². The predicted molar refractivity (Wildman–Crippen MR) is 53.9 cm³/mol. The molecule has 1 aromatic heterocycles. The van der Waals surface area contributed by atoms with E-state index in [1.54, 1.807) is 17.0 Å². The molecule has 2 rings (SSSR count). The van der Waals surface area contributed by atoms with Crippen molar-refractivity contribution >= 4 is 5.91 Å². The summed E-state index contributed by atoms with van der Waals surface area (Å²) < 4.78 is 1.80. The van der Waals surface area contributed by atoms with Crippen LogP contribution in [0.15, 0.2) is 12.4 Å². The number of amides is 1. The Morgan fingerprint density at radius 3 is 3.13 bits per heavy atom. The van der Waals surface area contributed by atoms with E-state index >= 15 is 0 Å². The zero-order valence-corrected chi connectivity index (χ0v) is 8.52. The number of hydrogen-bond donors (Lipinski definition) is 2. The molecule has 1 amide bonds. The molecule has 1 aliphatic carbocycles. The Morgan fingerprint density at radius 2 is 2.47 bits per heavy atom. The molecule has 0 bridgehead atoms. The van der Waals surface area contributed by atoms with Crippen LogP contribution < -0.4 is 5.32 Å². The van der Waals surface area contributed by atoms with Crippen LogP contribution in [0.2, 0.25) is 0 Å². The Labute approximate surface area is 88.1 Å². The first kappa shape index (κ1) is 10.2. The monoisotopic (exact) mass is 209 g/mol. The summed E-state index contributed by atoms with van der Waals surface area (Å²) in [5.74, 6) is 0.685. The lowest BCUT2D eigenvalue weighted by molar-refractivity contribution is -0.121. The maximum atomic E-state index is 11.4. The number of nitrogens with one attached hydrogen (secondary N) is 1. The molecule has 1 fully saturated rings. The van der Waals surface area contributed by atoms with E-state index < -0.39 is 0 Å². The van der Waals surface area contributed by atoms with Crippen molar-refractivity contribution in [1.29, 1.82) is 0 Å². The van der Waals surface area contributed by atoms with Crippen LogP contribution in [0.1, 0.15) is 25.1 Å². The lowest BCUT2D eigenvalue weighted by atomic mass is 10.4. The molecule has 5 nitrogen and oxygen atoms in total. The molecule has 5 heteroatoms. The summed E-state index contributed by atoms with van der Waals surface area (Å²) in [5.41, 5.74) is 0. The van der Waals surface area contributed by atoms with E-state index in [9.17, 15) is 4.79 Å². The third kappa shape index (κ3) is 2.79. The second-order valence-electron chi connectivity index (χ2n) is 3.79. The van der Waals surface area contributed by atoms with Gasteiger partial charge in [-0.25, -0.2) is 4.98 Å². The first-order valence-corrected chi connectivity index (χ1v) is 5.20. The fourth-order valence-corrected chi connectivity index (χ4v) is 1.44. The Morgan fingerprint density at radius 1 is 1.67 bits per heavy atom. The third-order valence-electron chi connectivity index (χ3n) is 2.47. The number of aliphatic hydroxyl groups is 1. The van der Waals surface area contributed by atoms with Gasteiger partial charge in [-0.2, -0.15) is 0 Å². The zero-order chi connectivity index (χ0) is 10.7. The Hall–Kier alpha value is -1.36. The first-order chi connectivity index (χ1) is 7.29. The standard InChI is InChI=1S/C10H15N3O2/c14-7-9-11-4-6-13(9)5-3-10(15)12-8-1-2-8/h4,6,8,14H,1-3,5,7H2,(H,12,15). The second-order valence-corrected chi connectivity index (χ2v) is 3.79. The minimum atomic E-state index is -0.0861. The minimum absolute atomic E-state index is 0.0788. The van der Waals surface area contributed by atoms with Crippen molar-refractivity contribution in [3.05, 3.63) is 18.2 Å². The van der Waals surface area contributed by atoms with E-state index in [0.29, 0.717) is 24.8 Å². The highest BCUT2D eigenvalue weighted by atomic mass is 16.3. The average molecular weight is 209 g/mol. The predicted octanol–water partition coefficient (Wildman–Crippen LogP) is 0.0441. The summed E-state index contributed by atoms with van der Waals surface area (Å²) in [4.78, 5) is 15.3. The molecule has 1 aliphatic rings. The van der Waals surface area contributed by atoms with Gasteiger partial charge in [0.1, 0.15) is 12.4 Å². The van der Waals surface area contributed by atoms with Crippen LogP contribution in [0.25, 0.3) is 0 Å². The lowest BCUT2D eigenvalue weighted by Gasteiger charge is -2.06. The summed E-state index contributed by atoms with van der Waals surface area (Å²) in [6.45, 7) is 0.492. The molecule has 1 heterocycles. The SMILES string of the molecule is O=C(CCn1ccnc1CO)NC1CC1. The Kier molecular flexibility index (Phi) is 3.01. The maximum absolute atomic E-state index is 11.4. The zero-order valence-electron chi connectivity index (χ0n) is 8.52. The Bertz CT molecular complexity index is 344. The van der Waals surface area contributed by atoms with Gasteiger partial charge in [0.2, 0.25) is 5.91 Å². The molecule has 0 saturated heterocycles. The average Bonchev–Trinajstić information content (AvgIpc) is 2.92. The summed E-state index contributed by atoms with van der Waals surface area (Å²) in [6.07, 6.45) is 6.07. The van der Waals surface area contributed by atoms with Crippen LogP contribution in [0.4, 0.5) is 0 Å².